The molecule has 4 aromatic rings. The molecule has 2 radical (unpaired) electrons. The van der Waals surface area contributed by atoms with Gasteiger partial charge in [-0.2, -0.15) is 0 Å². The molecule has 0 aliphatic carbocycles. The summed E-state index contributed by atoms with van der Waals surface area (Å²) in [7, 11) is 0. The molecule has 4 aromatic carbocycles. The van der Waals surface area contributed by atoms with Gasteiger partial charge in [0.05, 0.1) is 0 Å². The molecule has 0 aliphatic rings. The van der Waals surface area contributed by atoms with Crippen LogP contribution in [0.25, 0.3) is 12.2 Å². The van der Waals surface area contributed by atoms with E-state index < -0.39 is 11.6 Å². The van der Waals surface area contributed by atoms with E-state index in [-0.39, 0.29) is 5.78 Å². The summed E-state index contributed by atoms with van der Waals surface area (Å²) in [4.78, 5) is 25.4. The average molecular weight is 495 g/mol. The zero-order chi connectivity index (χ0) is 25.5. The molecule has 0 bridgehead atoms. The van der Waals surface area contributed by atoms with Gasteiger partial charge >= 0.3 is 5.97 Å². The molecule has 0 saturated carbocycles. The minimum atomic E-state index is -1.25. The van der Waals surface area contributed by atoms with Gasteiger partial charge in [-0.1, -0.05) is 35.9 Å². The number of halogens is 1. The van der Waals surface area contributed by atoms with Crippen LogP contribution in [-0.2, 0) is 4.79 Å². The van der Waals surface area contributed by atoms with Crippen molar-refractivity contribution in [2.24, 2.45) is 0 Å². The Bertz CT molecular complexity index is 1360. The van der Waals surface area contributed by atoms with Crippen molar-refractivity contribution in [1.82, 2.24) is 0 Å². The molecule has 36 heavy (non-hydrogen) atoms. The quantitative estimate of drug-likeness (QED) is 0.113. The zero-order valence-corrected chi connectivity index (χ0v) is 20.6. The first-order chi connectivity index (χ1) is 17.3. The second-order valence-electron chi connectivity index (χ2n) is 8.53. The van der Waals surface area contributed by atoms with Crippen LogP contribution in [-0.4, -0.2) is 17.4 Å². The Kier molecular flexibility index (Phi) is 7.67. The third-order valence-corrected chi connectivity index (χ3v) is 5.57. The lowest BCUT2D eigenvalue weighted by atomic mass is 10.0. The Labute approximate surface area is 215 Å². The highest BCUT2D eigenvalue weighted by molar-refractivity contribution is 6.30. The van der Waals surface area contributed by atoms with Crippen molar-refractivity contribution in [2.45, 2.75) is 19.4 Å². The van der Waals surface area contributed by atoms with Gasteiger partial charge in [0.2, 0.25) is 5.60 Å². The summed E-state index contributed by atoms with van der Waals surface area (Å²) in [6, 6.07) is 31.9. The molecule has 0 aliphatic heterocycles. The molecule has 0 amide bonds. The Morgan fingerprint density at radius 1 is 0.750 bits per heavy atom. The average Bonchev–Trinajstić information content (AvgIpc) is 2.89. The lowest BCUT2D eigenvalue weighted by molar-refractivity contribution is -0.149. The van der Waals surface area contributed by atoms with E-state index in [1.54, 1.807) is 80.6 Å². The van der Waals surface area contributed by atoms with Gasteiger partial charge in [-0.15, -0.1) is 0 Å². The Morgan fingerprint density at radius 2 is 1.28 bits per heavy atom. The van der Waals surface area contributed by atoms with Gasteiger partial charge in [0.25, 0.3) is 0 Å². The number of esters is 1. The van der Waals surface area contributed by atoms with Crippen LogP contribution in [0.5, 0.6) is 11.5 Å². The van der Waals surface area contributed by atoms with E-state index in [9.17, 15) is 9.59 Å². The molecule has 0 unspecified atom stereocenters. The maximum absolute atomic E-state index is 12.8. The minimum Gasteiger partial charge on any atom is -0.476 e. The molecule has 0 heterocycles. The number of ketones is 1. The van der Waals surface area contributed by atoms with E-state index in [4.69, 9.17) is 21.1 Å². The fourth-order valence-corrected chi connectivity index (χ4v) is 3.44. The molecular weight excluding hydrogens is 472 g/mol. The Balaban J connectivity index is 1.36. The van der Waals surface area contributed by atoms with Crippen LogP contribution in [0, 0.1) is 12.1 Å². The molecule has 0 saturated heterocycles. The highest BCUT2D eigenvalue weighted by Gasteiger charge is 2.32. The summed E-state index contributed by atoms with van der Waals surface area (Å²) in [5, 5.41) is 0.568. The molecule has 0 aromatic heterocycles. The third kappa shape index (κ3) is 6.49. The minimum absolute atomic E-state index is 0.129. The van der Waals surface area contributed by atoms with E-state index in [2.05, 4.69) is 12.1 Å². The molecule has 4 nitrogen and oxygen atoms in total. The smallest absolute Gasteiger partial charge is 0.355 e. The van der Waals surface area contributed by atoms with Gasteiger partial charge in [-0.25, -0.2) is 4.79 Å². The fourth-order valence-electron chi connectivity index (χ4n) is 3.31. The summed E-state index contributed by atoms with van der Waals surface area (Å²) in [6.07, 6.45) is 3.91. The van der Waals surface area contributed by atoms with Crippen molar-refractivity contribution in [3.8, 4) is 11.5 Å². The summed E-state index contributed by atoms with van der Waals surface area (Å²) >= 11 is 5.89. The number of hydrogen-bond donors (Lipinski definition) is 0. The van der Waals surface area contributed by atoms with Crippen molar-refractivity contribution in [2.75, 3.05) is 0 Å². The number of carbonyl (C=O) groups excluding carboxylic acids is 2. The third-order valence-electron chi connectivity index (χ3n) is 5.31. The zero-order valence-electron chi connectivity index (χ0n) is 19.8. The predicted molar refractivity (Wildman–Crippen MR) is 141 cm³/mol. The van der Waals surface area contributed by atoms with Crippen LogP contribution in [0.3, 0.4) is 0 Å². The summed E-state index contributed by atoms with van der Waals surface area (Å²) in [5.74, 6) is 0.192. The summed E-state index contributed by atoms with van der Waals surface area (Å²) < 4.78 is 11.4. The van der Waals surface area contributed by atoms with Crippen LogP contribution in [0.15, 0.2) is 91.0 Å². The highest BCUT2D eigenvalue weighted by atomic mass is 35.5. The number of rotatable bonds is 8. The Hall–Kier alpha value is -4.15. The van der Waals surface area contributed by atoms with Gasteiger partial charge < -0.3 is 9.47 Å². The first kappa shape index (κ1) is 25.0. The lowest BCUT2D eigenvalue weighted by Crippen LogP contribution is -2.41. The standard InChI is InChI=1S/C31H23ClO4/c1-31(2,36-28-20-14-25(15-21-28)29(33)24-12-16-26(32)17-13-24)30(34)35-27-18-10-23(11-19-27)9-8-22-6-4-3-5-7-22/h3,6-21H,1-2H3/b9-8+. The molecule has 178 valence electrons. The highest BCUT2D eigenvalue weighted by Crippen LogP contribution is 2.23. The normalized spacial score (nSPS) is 11.3. The molecule has 0 spiro atoms. The van der Waals surface area contributed by atoms with Gasteiger partial charge in [-0.3, -0.25) is 4.79 Å². The van der Waals surface area contributed by atoms with E-state index >= 15 is 0 Å². The second-order valence-corrected chi connectivity index (χ2v) is 8.97. The maximum atomic E-state index is 12.8. The number of benzene rings is 4. The first-order valence-corrected chi connectivity index (χ1v) is 11.6. The van der Waals surface area contributed by atoms with Gasteiger partial charge in [0.1, 0.15) is 11.5 Å². The molecule has 4 rings (SSSR count). The molecule has 0 N–H and O–H groups in total. The van der Waals surface area contributed by atoms with Crippen molar-refractivity contribution < 1.29 is 19.1 Å². The second kappa shape index (κ2) is 11.1. The number of hydrogen-bond acceptors (Lipinski definition) is 4. The summed E-state index contributed by atoms with van der Waals surface area (Å²) in [5.41, 5.74) is 1.75. The molecule has 0 atom stereocenters. The molecule has 5 heteroatoms. The van der Waals surface area contributed by atoms with Gasteiger partial charge in [0, 0.05) is 16.1 Å². The van der Waals surface area contributed by atoms with E-state index in [0.29, 0.717) is 27.6 Å². The van der Waals surface area contributed by atoms with E-state index in [0.717, 1.165) is 11.1 Å². The van der Waals surface area contributed by atoms with Crippen molar-refractivity contribution >= 4 is 35.5 Å². The largest absolute Gasteiger partial charge is 0.476 e. The lowest BCUT2D eigenvalue weighted by Gasteiger charge is -2.24. The van der Waals surface area contributed by atoms with E-state index in [1.165, 1.54) is 0 Å². The predicted octanol–water partition coefficient (Wildman–Crippen LogP) is 7.10. The molecule has 0 fully saturated rings. The number of ether oxygens (including phenoxy) is 2. The van der Waals surface area contributed by atoms with Crippen LogP contribution in [0.4, 0.5) is 0 Å². The SMILES string of the molecule is CC(C)(Oc1ccc(C(=O)c2ccc(Cl)cc2)cc1)C(=O)Oc1ccc(/C=C/c2c[c]c[c]c2)cc1. The summed E-state index contributed by atoms with van der Waals surface area (Å²) in [6.45, 7) is 3.26. The van der Waals surface area contributed by atoms with Gasteiger partial charge in [0.15, 0.2) is 5.78 Å². The maximum Gasteiger partial charge on any atom is 0.355 e. The molecular formula is C31H23ClO4. The fraction of sp³-hybridized carbons (Fsp3) is 0.0968. The van der Waals surface area contributed by atoms with Gasteiger partial charge in [-0.05, 0) is 116 Å². The topological polar surface area (TPSA) is 52.6 Å². The van der Waals surface area contributed by atoms with E-state index in [1.807, 2.05) is 36.4 Å². The number of carbonyl (C=O) groups is 2. The van der Waals surface area contributed by atoms with Crippen LogP contribution < -0.4 is 9.47 Å². The van der Waals surface area contributed by atoms with Crippen molar-refractivity contribution in [1.29, 1.82) is 0 Å². The van der Waals surface area contributed by atoms with Crippen molar-refractivity contribution in [3.63, 3.8) is 0 Å². The van der Waals surface area contributed by atoms with Crippen LogP contribution >= 0.6 is 11.6 Å². The first-order valence-electron chi connectivity index (χ1n) is 11.3. The Morgan fingerprint density at radius 3 is 1.89 bits per heavy atom. The van der Waals surface area contributed by atoms with Crippen molar-refractivity contribution in [3.05, 3.63) is 130 Å². The monoisotopic (exact) mass is 494 g/mol. The van der Waals surface area contributed by atoms with Crippen LogP contribution in [0.1, 0.15) is 40.9 Å². The van der Waals surface area contributed by atoms with Crippen LogP contribution in [0.2, 0.25) is 5.02 Å².